The van der Waals surface area contributed by atoms with Crippen molar-refractivity contribution in [2.75, 3.05) is 10.6 Å². The molecule has 0 bridgehead atoms. The fraction of sp³-hybridized carbons (Fsp3) is 0.0312. The molecule has 1 heterocycles. The third kappa shape index (κ3) is 6.62. The summed E-state index contributed by atoms with van der Waals surface area (Å²) < 4.78 is 15.2. The maximum absolute atomic E-state index is 13.5. The van der Waals surface area contributed by atoms with Gasteiger partial charge in [0.25, 0.3) is 5.91 Å². The Kier molecular flexibility index (Phi) is 8.24. The number of aryl methyl sites for hydroxylation is 1. The highest BCUT2D eigenvalue weighted by atomic mass is 19.1. The van der Waals surface area contributed by atoms with Crippen LogP contribution in [0, 0.1) is 12.7 Å². The molecule has 0 aliphatic carbocycles. The molecule has 208 valence electrons. The molecule has 0 aliphatic rings. The molecule has 42 heavy (non-hydrogen) atoms. The molecule has 4 aromatic carbocycles. The second kappa shape index (κ2) is 12.5. The number of rotatable bonds is 7. The van der Waals surface area contributed by atoms with Crippen LogP contribution in [0.15, 0.2) is 114 Å². The fourth-order valence-corrected chi connectivity index (χ4v) is 4.13. The van der Waals surface area contributed by atoms with Crippen LogP contribution in [0.25, 0.3) is 16.9 Å². The number of carbonyl (C=O) groups excluding carboxylic acids is 3. The predicted octanol–water partition coefficient (Wildman–Crippen LogP) is 5.33. The van der Waals surface area contributed by atoms with Crippen molar-refractivity contribution >= 4 is 35.3 Å². The van der Waals surface area contributed by atoms with Crippen LogP contribution in [-0.4, -0.2) is 33.7 Å². The molecule has 0 saturated carbocycles. The number of hydrogen-bond acceptors (Lipinski definition) is 5. The SMILES string of the molecule is Cc1cccc(NC(=O)c2ccccc2NC(=O)C(=O)NN=Cc2cn(-c3ccccc3)nc2-c2ccc(F)cc2)c1. The summed E-state index contributed by atoms with van der Waals surface area (Å²) in [6.45, 7) is 1.91. The lowest BCUT2D eigenvalue weighted by Crippen LogP contribution is -2.33. The van der Waals surface area contributed by atoms with E-state index in [1.807, 2.05) is 55.5 Å². The summed E-state index contributed by atoms with van der Waals surface area (Å²) in [4.78, 5) is 38.1. The van der Waals surface area contributed by atoms with Crippen molar-refractivity contribution < 1.29 is 18.8 Å². The number of benzene rings is 4. The zero-order chi connectivity index (χ0) is 29.5. The normalized spacial score (nSPS) is 10.8. The molecule has 5 aromatic rings. The third-order valence-corrected chi connectivity index (χ3v) is 6.15. The number of aromatic nitrogens is 2. The average molecular weight is 561 g/mol. The van der Waals surface area contributed by atoms with Gasteiger partial charge in [0, 0.05) is 23.0 Å². The molecule has 9 nitrogen and oxygen atoms in total. The van der Waals surface area contributed by atoms with Crippen LogP contribution < -0.4 is 16.1 Å². The van der Waals surface area contributed by atoms with Crippen LogP contribution in [0.4, 0.5) is 15.8 Å². The number of hydrogen-bond donors (Lipinski definition) is 3. The van der Waals surface area contributed by atoms with Crippen molar-refractivity contribution in [2.24, 2.45) is 5.10 Å². The van der Waals surface area contributed by atoms with Gasteiger partial charge in [-0.3, -0.25) is 14.4 Å². The molecule has 10 heteroatoms. The van der Waals surface area contributed by atoms with Gasteiger partial charge >= 0.3 is 11.8 Å². The molecule has 0 aliphatic heterocycles. The Morgan fingerprint density at radius 3 is 2.33 bits per heavy atom. The fourth-order valence-electron chi connectivity index (χ4n) is 4.13. The summed E-state index contributed by atoms with van der Waals surface area (Å²) in [5, 5.41) is 13.8. The smallest absolute Gasteiger partial charge is 0.322 e. The monoisotopic (exact) mass is 560 g/mol. The van der Waals surface area contributed by atoms with Gasteiger partial charge in [-0.1, -0.05) is 42.5 Å². The molecule has 0 unspecified atom stereocenters. The Labute approximate surface area is 240 Å². The number of para-hydroxylation sites is 2. The number of carbonyl (C=O) groups is 3. The lowest BCUT2D eigenvalue weighted by atomic mass is 10.1. The quantitative estimate of drug-likeness (QED) is 0.142. The molecule has 0 fully saturated rings. The Hall–Kier alpha value is -5.90. The number of amides is 3. The molecular weight excluding hydrogens is 535 g/mol. The molecular formula is C32H25FN6O3. The highest BCUT2D eigenvalue weighted by Crippen LogP contribution is 2.23. The number of nitrogens with zero attached hydrogens (tertiary/aromatic N) is 3. The summed E-state index contributed by atoms with van der Waals surface area (Å²) in [7, 11) is 0. The van der Waals surface area contributed by atoms with Gasteiger partial charge in [0.1, 0.15) is 11.5 Å². The van der Waals surface area contributed by atoms with Crippen LogP contribution in [0.3, 0.4) is 0 Å². The Morgan fingerprint density at radius 2 is 1.57 bits per heavy atom. The first-order chi connectivity index (χ1) is 20.4. The Bertz CT molecular complexity index is 1780. The molecule has 0 radical (unpaired) electrons. The van der Waals surface area contributed by atoms with Crippen molar-refractivity contribution in [3.63, 3.8) is 0 Å². The van der Waals surface area contributed by atoms with Gasteiger partial charge in [0.2, 0.25) is 0 Å². The number of anilines is 2. The molecule has 0 saturated heterocycles. The zero-order valence-corrected chi connectivity index (χ0v) is 22.4. The molecule has 0 atom stereocenters. The first kappa shape index (κ1) is 27.7. The second-order valence-corrected chi connectivity index (χ2v) is 9.24. The topological polar surface area (TPSA) is 117 Å². The van der Waals surface area contributed by atoms with E-state index >= 15 is 0 Å². The number of halogens is 1. The molecule has 0 spiro atoms. The minimum atomic E-state index is -1.04. The lowest BCUT2D eigenvalue weighted by molar-refractivity contribution is -0.136. The first-order valence-electron chi connectivity index (χ1n) is 12.9. The standard InChI is InChI=1S/C32H25FN6O3/c1-21-8-7-9-25(18-21)35-30(40)27-12-5-6-13-28(27)36-31(41)32(42)37-34-19-23-20-39(26-10-3-2-4-11-26)38-29(23)22-14-16-24(33)17-15-22/h2-20H,1H3,(H,35,40)(H,36,41)(H,37,42). The van der Waals surface area contributed by atoms with E-state index in [4.69, 9.17) is 0 Å². The highest BCUT2D eigenvalue weighted by molar-refractivity contribution is 6.40. The maximum atomic E-state index is 13.5. The highest BCUT2D eigenvalue weighted by Gasteiger charge is 2.18. The summed E-state index contributed by atoms with van der Waals surface area (Å²) in [5.41, 5.74) is 6.56. The van der Waals surface area contributed by atoms with E-state index in [9.17, 15) is 18.8 Å². The molecule has 5 rings (SSSR count). The average Bonchev–Trinajstić information content (AvgIpc) is 3.42. The minimum absolute atomic E-state index is 0.162. The Morgan fingerprint density at radius 1 is 0.833 bits per heavy atom. The van der Waals surface area contributed by atoms with Crippen LogP contribution in [0.2, 0.25) is 0 Å². The van der Waals surface area contributed by atoms with Gasteiger partial charge in [-0.05, 0) is 73.2 Å². The van der Waals surface area contributed by atoms with Crippen molar-refractivity contribution in [2.45, 2.75) is 6.92 Å². The molecule has 1 aromatic heterocycles. The van der Waals surface area contributed by atoms with Gasteiger partial charge in [-0.2, -0.15) is 10.2 Å². The summed E-state index contributed by atoms with van der Waals surface area (Å²) in [6, 6.07) is 28.8. The van der Waals surface area contributed by atoms with E-state index in [2.05, 4.69) is 26.3 Å². The van der Waals surface area contributed by atoms with Gasteiger partial charge < -0.3 is 10.6 Å². The second-order valence-electron chi connectivity index (χ2n) is 9.24. The van der Waals surface area contributed by atoms with E-state index in [1.165, 1.54) is 30.5 Å². The third-order valence-electron chi connectivity index (χ3n) is 6.15. The molecule has 3 amide bonds. The minimum Gasteiger partial charge on any atom is -0.322 e. The number of nitrogens with one attached hydrogen (secondary N) is 3. The van der Waals surface area contributed by atoms with Crippen LogP contribution >= 0.6 is 0 Å². The van der Waals surface area contributed by atoms with Crippen LogP contribution in [-0.2, 0) is 9.59 Å². The van der Waals surface area contributed by atoms with Crippen LogP contribution in [0.5, 0.6) is 0 Å². The molecule has 3 N–H and O–H groups in total. The van der Waals surface area contributed by atoms with E-state index < -0.39 is 17.7 Å². The van der Waals surface area contributed by atoms with E-state index in [0.717, 1.165) is 11.3 Å². The van der Waals surface area contributed by atoms with Gasteiger partial charge in [0.05, 0.1) is 23.2 Å². The van der Waals surface area contributed by atoms with Crippen molar-refractivity contribution in [1.82, 2.24) is 15.2 Å². The van der Waals surface area contributed by atoms with Crippen LogP contribution in [0.1, 0.15) is 21.5 Å². The van der Waals surface area contributed by atoms with Crippen molar-refractivity contribution in [1.29, 1.82) is 0 Å². The van der Waals surface area contributed by atoms with Gasteiger partial charge in [0.15, 0.2) is 0 Å². The summed E-state index contributed by atoms with van der Waals surface area (Å²) in [6.07, 6.45) is 3.05. The van der Waals surface area contributed by atoms with Crippen molar-refractivity contribution in [3.8, 4) is 16.9 Å². The lowest BCUT2D eigenvalue weighted by Gasteiger charge is -2.11. The van der Waals surface area contributed by atoms with E-state index in [1.54, 1.807) is 41.2 Å². The predicted molar refractivity (Wildman–Crippen MR) is 159 cm³/mol. The summed E-state index contributed by atoms with van der Waals surface area (Å²) in [5.74, 6) is -2.89. The van der Waals surface area contributed by atoms with Gasteiger partial charge in [-0.25, -0.2) is 14.5 Å². The maximum Gasteiger partial charge on any atom is 0.329 e. The van der Waals surface area contributed by atoms with Gasteiger partial charge in [-0.15, -0.1) is 0 Å². The number of hydrazone groups is 1. The largest absolute Gasteiger partial charge is 0.329 e. The zero-order valence-electron chi connectivity index (χ0n) is 22.4. The summed E-state index contributed by atoms with van der Waals surface area (Å²) >= 11 is 0. The first-order valence-corrected chi connectivity index (χ1v) is 12.9. The van der Waals surface area contributed by atoms with Crippen molar-refractivity contribution in [3.05, 3.63) is 132 Å². The Balaban J connectivity index is 1.29. The van der Waals surface area contributed by atoms with E-state index in [0.29, 0.717) is 22.5 Å². The van der Waals surface area contributed by atoms with E-state index in [-0.39, 0.29) is 17.1 Å².